The average molecular weight is 226 g/mol. The minimum atomic E-state index is -0.872. The molecule has 0 spiro atoms. The third-order valence-corrected chi connectivity index (χ3v) is 2.64. The molecular formula is C15H14O2. The first kappa shape index (κ1) is 11.4. The van der Waals surface area contributed by atoms with Crippen LogP contribution < -0.4 is 0 Å². The van der Waals surface area contributed by atoms with Gasteiger partial charge >= 0.3 is 5.97 Å². The molecule has 2 rings (SSSR count). The summed E-state index contributed by atoms with van der Waals surface area (Å²) in [5.74, 6) is -0.872. The van der Waals surface area contributed by atoms with Gasteiger partial charge in [-0.05, 0) is 42.2 Å². The molecule has 1 N–H and O–H groups in total. The summed E-state index contributed by atoms with van der Waals surface area (Å²) in [5.41, 5.74) is 3.56. The van der Waals surface area contributed by atoms with E-state index in [-0.39, 0.29) is 0 Å². The van der Waals surface area contributed by atoms with Gasteiger partial charge in [-0.1, -0.05) is 36.4 Å². The van der Waals surface area contributed by atoms with E-state index < -0.39 is 5.97 Å². The Morgan fingerprint density at radius 1 is 1.06 bits per heavy atom. The second kappa shape index (κ2) is 4.83. The maximum atomic E-state index is 11.0. The molecule has 0 fully saturated rings. The minimum absolute atomic E-state index is 0.357. The Morgan fingerprint density at radius 2 is 1.76 bits per heavy atom. The molecule has 0 aliphatic heterocycles. The van der Waals surface area contributed by atoms with Crippen LogP contribution in [0.3, 0.4) is 0 Å². The number of aromatic carboxylic acids is 1. The van der Waals surface area contributed by atoms with Crippen molar-refractivity contribution in [3.63, 3.8) is 0 Å². The zero-order valence-electron chi connectivity index (χ0n) is 9.68. The van der Waals surface area contributed by atoms with Crippen molar-refractivity contribution in [2.24, 2.45) is 0 Å². The van der Waals surface area contributed by atoms with Gasteiger partial charge in [-0.3, -0.25) is 0 Å². The van der Waals surface area contributed by atoms with Crippen LogP contribution in [0.25, 0.3) is 0 Å². The maximum absolute atomic E-state index is 11.0. The summed E-state index contributed by atoms with van der Waals surface area (Å²) in [4.78, 5) is 11.0. The van der Waals surface area contributed by atoms with E-state index >= 15 is 0 Å². The van der Waals surface area contributed by atoms with Crippen LogP contribution >= 0.6 is 0 Å². The van der Waals surface area contributed by atoms with E-state index in [0.717, 1.165) is 17.5 Å². The molecule has 0 aromatic heterocycles. The molecule has 86 valence electrons. The van der Waals surface area contributed by atoms with Gasteiger partial charge in [0.2, 0.25) is 0 Å². The summed E-state index contributed by atoms with van der Waals surface area (Å²) in [6.07, 6.45) is 0.767. The average Bonchev–Trinajstić information content (AvgIpc) is 2.29. The van der Waals surface area contributed by atoms with Gasteiger partial charge in [-0.15, -0.1) is 0 Å². The summed E-state index contributed by atoms with van der Waals surface area (Å²) in [7, 11) is 0. The molecular weight excluding hydrogens is 212 g/mol. The number of carbonyl (C=O) groups is 1. The van der Waals surface area contributed by atoms with E-state index in [9.17, 15) is 4.79 Å². The SMILES string of the molecule is Cc1cc(Cc2ccccc2)cc(C(=O)O)c1. The third-order valence-electron chi connectivity index (χ3n) is 2.64. The Bertz CT molecular complexity index is 530. The number of hydrogen-bond donors (Lipinski definition) is 1. The van der Waals surface area contributed by atoms with Crippen LogP contribution in [-0.2, 0) is 6.42 Å². The predicted octanol–water partition coefficient (Wildman–Crippen LogP) is 3.28. The van der Waals surface area contributed by atoms with Crippen LogP contribution in [0.4, 0.5) is 0 Å². The van der Waals surface area contributed by atoms with E-state index in [4.69, 9.17) is 5.11 Å². The fourth-order valence-corrected chi connectivity index (χ4v) is 1.92. The van der Waals surface area contributed by atoms with Crippen molar-refractivity contribution in [3.05, 3.63) is 70.8 Å². The molecule has 0 saturated heterocycles. The first-order chi connectivity index (χ1) is 8.15. The molecule has 0 aliphatic rings. The van der Waals surface area contributed by atoms with Crippen LogP contribution in [0.5, 0.6) is 0 Å². The first-order valence-corrected chi connectivity index (χ1v) is 5.53. The van der Waals surface area contributed by atoms with Crippen LogP contribution in [0.15, 0.2) is 48.5 Å². The molecule has 0 radical (unpaired) electrons. The van der Waals surface area contributed by atoms with E-state index in [1.165, 1.54) is 5.56 Å². The number of carboxylic acid groups (broad SMARTS) is 1. The molecule has 0 unspecified atom stereocenters. The fourth-order valence-electron chi connectivity index (χ4n) is 1.92. The summed E-state index contributed by atoms with van der Waals surface area (Å²) in [6.45, 7) is 1.92. The second-order valence-corrected chi connectivity index (χ2v) is 4.17. The number of benzene rings is 2. The number of carboxylic acids is 1. The van der Waals surface area contributed by atoms with E-state index in [1.807, 2.05) is 43.3 Å². The van der Waals surface area contributed by atoms with Crippen molar-refractivity contribution < 1.29 is 9.90 Å². The third kappa shape index (κ3) is 2.94. The minimum Gasteiger partial charge on any atom is -0.478 e. The zero-order valence-corrected chi connectivity index (χ0v) is 9.68. The molecule has 2 aromatic rings. The van der Waals surface area contributed by atoms with Gasteiger partial charge in [0.15, 0.2) is 0 Å². The highest BCUT2D eigenvalue weighted by atomic mass is 16.4. The maximum Gasteiger partial charge on any atom is 0.335 e. The lowest BCUT2D eigenvalue weighted by molar-refractivity contribution is 0.0696. The van der Waals surface area contributed by atoms with E-state index in [1.54, 1.807) is 12.1 Å². The molecule has 17 heavy (non-hydrogen) atoms. The lowest BCUT2D eigenvalue weighted by Gasteiger charge is -2.05. The monoisotopic (exact) mass is 226 g/mol. The van der Waals surface area contributed by atoms with Crippen molar-refractivity contribution in [2.75, 3.05) is 0 Å². The number of rotatable bonds is 3. The Morgan fingerprint density at radius 3 is 2.41 bits per heavy atom. The Balaban J connectivity index is 2.30. The summed E-state index contributed by atoms with van der Waals surface area (Å²) in [5, 5.41) is 9.00. The molecule has 0 aliphatic carbocycles. The molecule has 0 atom stereocenters. The van der Waals surface area contributed by atoms with Crippen molar-refractivity contribution in [1.29, 1.82) is 0 Å². The van der Waals surface area contributed by atoms with Gasteiger partial charge < -0.3 is 5.11 Å². The van der Waals surface area contributed by atoms with Gasteiger partial charge in [0, 0.05) is 0 Å². The summed E-state index contributed by atoms with van der Waals surface area (Å²) < 4.78 is 0. The largest absolute Gasteiger partial charge is 0.478 e. The second-order valence-electron chi connectivity index (χ2n) is 4.17. The highest BCUT2D eigenvalue weighted by Crippen LogP contribution is 2.14. The highest BCUT2D eigenvalue weighted by molar-refractivity contribution is 5.88. The molecule has 2 nitrogen and oxygen atoms in total. The number of aryl methyl sites for hydroxylation is 1. The molecule has 2 aromatic carbocycles. The molecule has 0 bridgehead atoms. The van der Waals surface area contributed by atoms with Gasteiger partial charge in [0.1, 0.15) is 0 Å². The normalized spacial score (nSPS) is 10.2. The van der Waals surface area contributed by atoms with Gasteiger partial charge in [0.25, 0.3) is 0 Å². The van der Waals surface area contributed by atoms with Crippen molar-refractivity contribution in [1.82, 2.24) is 0 Å². The van der Waals surface area contributed by atoms with Gasteiger partial charge in [0.05, 0.1) is 5.56 Å². The smallest absolute Gasteiger partial charge is 0.335 e. The predicted molar refractivity (Wildman–Crippen MR) is 67.4 cm³/mol. The van der Waals surface area contributed by atoms with Crippen LogP contribution in [0, 0.1) is 6.92 Å². The fraction of sp³-hybridized carbons (Fsp3) is 0.133. The first-order valence-electron chi connectivity index (χ1n) is 5.53. The van der Waals surface area contributed by atoms with Gasteiger partial charge in [-0.2, -0.15) is 0 Å². The zero-order chi connectivity index (χ0) is 12.3. The lowest BCUT2D eigenvalue weighted by Crippen LogP contribution is -1.99. The number of hydrogen-bond acceptors (Lipinski definition) is 1. The van der Waals surface area contributed by atoms with Crippen LogP contribution in [0.2, 0.25) is 0 Å². The standard InChI is InChI=1S/C15H14O2/c1-11-7-13(10-14(8-11)15(16)17)9-12-5-3-2-4-6-12/h2-8,10H,9H2,1H3,(H,16,17). The molecule has 2 heteroatoms. The van der Waals surface area contributed by atoms with Crippen molar-refractivity contribution in [3.8, 4) is 0 Å². The topological polar surface area (TPSA) is 37.3 Å². The molecule has 0 saturated carbocycles. The Labute approximate surface area is 101 Å². The highest BCUT2D eigenvalue weighted by Gasteiger charge is 2.05. The van der Waals surface area contributed by atoms with E-state index in [2.05, 4.69) is 0 Å². The summed E-state index contributed by atoms with van der Waals surface area (Å²) >= 11 is 0. The molecule has 0 amide bonds. The summed E-state index contributed by atoms with van der Waals surface area (Å²) in [6, 6.07) is 15.5. The van der Waals surface area contributed by atoms with Gasteiger partial charge in [-0.25, -0.2) is 4.79 Å². The Kier molecular flexibility index (Phi) is 3.24. The quantitative estimate of drug-likeness (QED) is 0.872. The lowest BCUT2D eigenvalue weighted by atomic mass is 10.0. The van der Waals surface area contributed by atoms with Crippen LogP contribution in [-0.4, -0.2) is 11.1 Å². The van der Waals surface area contributed by atoms with Crippen molar-refractivity contribution >= 4 is 5.97 Å². The Hall–Kier alpha value is -2.09. The van der Waals surface area contributed by atoms with E-state index in [0.29, 0.717) is 5.56 Å². The van der Waals surface area contributed by atoms with Crippen molar-refractivity contribution in [2.45, 2.75) is 13.3 Å². The van der Waals surface area contributed by atoms with Crippen LogP contribution in [0.1, 0.15) is 27.0 Å². The molecule has 0 heterocycles.